The molecule has 0 aromatic heterocycles. The molecule has 0 bridgehead atoms. The Balaban J connectivity index is 5.08. The highest BCUT2D eigenvalue weighted by atomic mass is 31.2. The number of phosphoric ester groups is 1. The van der Waals surface area contributed by atoms with E-state index in [1.807, 2.05) is 39.4 Å². The number of allylic oxidation sites excluding steroid dienone is 15. The summed E-state index contributed by atoms with van der Waals surface area (Å²) in [5, 5.41) is 3.01. The fraction of sp³-hybridized carbons (Fsp3) is 0.753. The molecule has 2 N–H and O–H groups in total. The Labute approximate surface area is 513 Å². The molecule has 0 saturated carbocycles. The van der Waals surface area contributed by atoms with E-state index in [-0.39, 0.29) is 37.9 Å². The average Bonchev–Trinajstić information content (AvgIpc) is 3.52. The minimum absolute atomic E-state index is 0.0236. The smallest absolute Gasteiger partial charge is 0.456 e. The summed E-state index contributed by atoms with van der Waals surface area (Å²) >= 11 is 0. The van der Waals surface area contributed by atoms with Gasteiger partial charge in [0.05, 0.1) is 33.8 Å². The molecule has 10 heteroatoms. The first-order valence-corrected chi connectivity index (χ1v) is 36.1. The van der Waals surface area contributed by atoms with Gasteiger partial charge in [-0.25, -0.2) is 4.57 Å². The first kappa shape index (κ1) is 79.9. The van der Waals surface area contributed by atoms with Gasteiger partial charge in [0.15, 0.2) is 0 Å². The molecule has 0 aliphatic heterocycles. The van der Waals surface area contributed by atoms with Crippen LogP contribution in [-0.4, -0.2) is 74.3 Å². The topological polar surface area (TPSA) is 111 Å². The zero-order valence-corrected chi connectivity index (χ0v) is 55.8. The third kappa shape index (κ3) is 63.3. The second-order valence-corrected chi connectivity index (χ2v) is 25.8. The van der Waals surface area contributed by atoms with Gasteiger partial charge >= 0.3 is 13.8 Å². The molecular weight excluding hydrogens is 1050 g/mol. The Bertz CT molecular complexity index is 1740. The molecule has 0 rings (SSSR count). The van der Waals surface area contributed by atoms with Crippen LogP contribution in [0.2, 0.25) is 0 Å². The van der Waals surface area contributed by atoms with Gasteiger partial charge in [-0.2, -0.15) is 0 Å². The summed E-state index contributed by atoms with van der Waals surface area (Å²) < 4.78 is 30.7. The first-order chi connectivity index (χ1) is 40.4. The molecule has 0 aliphatic rings. The maximum absolute atomic E-state index is 13.5. The van der Waals surface area contributed by atoms with Crippen molar-refractivity contribution in [2.24, 2.45) is 0 Å². The third-order valence-corrected chi connectivity index (χ3v) is 16.0. The van der Waals surface area contributed by atoms with E-state index in [1.54, 1.807) is 0 Å². The Morgan fingerprint density at radius 3 is 1.18 bits per heavy atom. The quantitative estimate of drug-likeness (QED) is 0.0205. The van der Waals surface area contributed by atoms with Crippen LogP contribution in [-0.2, 0) is 27.9 Å². The Kier molecular flexibility index (Phi) is 59.7. The largest absolute Gasteiger partial charge is 0.472 e. The summed E-state index contributed by atoms with van der Waals surface area (Å²) in [6.07, 6.45) is 84.5. The summed E-state index contributed by atoms with van der Waals surface area (Å²) in [7, 11) is 1.45. The molecule has 3 atom stereocenters. The van der Waals surface area contributed by atoms with Crippen molar-refractivity contribution in [3.05, 3.63) is 97.2 Å². The van der Waals surface area contributed by atoms with E-state index < -0.39 is 20.0 Å². The van der Waals surface area contributed by atoms with Gasteiger partial charge in [0, 0.05) is 12.8 Å². The number of rotatable bonds is 62. The molecule has 1 amide bonds. The van der Waals surface area contributed by atoms with E-state index in [1.165, 1.54) is 186 Å². The van der Waals surface area contributed by atoms with Crippen LogP contribution in [0.15, 0.2) is 97.2 Å². The molecule has 0 fully saturated rings. The number of carbonyl (C=O) groups is 2. The van der Waals surface area contributed by atoms with Crippen LogP contribution in [0.4, 0.5) is 0 Å². The van der Waals surface area contributed by atoms with Gasteiger partial charge in [-0.1, -0.05) is 292 Å². The van der Waals surface area contributed by atoms with Crippen LogP contribution in [0.25, 0.3) is 0 Å². The molecule has 0 saturated heterocycles. The Morgan fingerprint density at radius 2 is 0.783 bits per heavy atom. The lowest BCUT2D eigenvalue weighted by Gasteiger charge is -2.27. The van der Waals surface area contributed by atoms with Crippen molar-refractivity contribution in [2.45, 2.75) is 315 Å². The van der Waals surface area contributed by atoms with E-state index in [2.05, 4.69) is 105 Å². The van der Waals surface area contributed by atoms with E-state index in [9.17, 15) is 19.0 Å². The number of esters is 1. The minimum atomic E-state index is -4.48. The Hall–Kier alpha value is -3.07. The van der Waals surface area contributed by atoms with Crippen molar-refractivity contribution >= 4 is 19.7 Å². The Morgan fingerprint density at radius 1 is 0.434 bits per heavy atom. The van der Waals surface area contributed by atoms with Crippen molar-refractivity contribution in [3.8, 4) is 0 Å². The molecule has 9 nitrogen and oxygen atoms in total. The van der Waals surface area contributed by atoms with Crippen LogP contribution in [0.3, 0.4) is 0 Å². The van der Waals surface area contributed by atoms with Gasteiger partial charge in [0.25, 0.3) is 0 Å². The molecule has 480 valence electrons. The molecule has 0 aromatic rings. The maximum Gasteiger partial charge on any atom is 0.472 e. The highest BCUT2D eigenvalue weighted by Gasteiger charge is 2.30. The predicted molar refractivity (Wildman–Crippen MR) is 360 cm³/mol. The molecule has 0 spiro atoms. The zero-order chi connectivity index (χ0) is 60.7. The lowest BCUT2D eigenvalue weighted by Crippen LogP contribution is -2.47. The van der Waals surface area contributed by atoms with E-state index in [4.69, 9.17) is 13.8 Å². The average molecular weight is 1180 g/mol. The van der Waals surface area contributed by atoms with Gasteiger partial charge < -0.3 is 19.4 Å². The number of quaternary nitrogens is 1. The number of unbranched alkanes of at least 4 members (excludes halogenated alkanes) is 32. The summed E-state index contributed by atoms with van der Waals surface area (Å²) in [5.74, 6) is -0.599. The van der Waals surface area contributed by atoms with Crippen molar-refractivity contribution in [1.29, 1.82) is 0 Å². The summed E-state index contributed by atoms with van der Waals surface area (Å²) in [6.45, 7) is 6.85. The maximum atomic E-state index is 13.5. The minimum Gasteiger partial charge on any atom is -0.456 e. The predicted octanol–water partition coefficient (Wildman–Crippen LogP) is 21.9. The fourth-order valence-electron chi connectivity index (χ4n) is 9.72. The van der Waals surface area contributed by atoms with Crippen LogP contribution < -0.4 is 5.32 Å². The van der Waals surface area contributed by atoms with Crippen LogP contribution in [0.1, 0.15) is 303 Å². The lowest BCUT2D eigenvalue weighted by molar-refractivity contribution is -0.870. The number of amides is 1. The summed E-state index contributed by atoms with van der Waals surface area (Å²) in [5.41, 5.74) is 0. The van der Waals surface area contributed by atoms with Crippen molar-refractivity contribution in [2.75, 3.05) is 40.9 Å². The SMILES string of the molecule is CC/C=C\C/C=C\C/C=C\C/C=C\C/C=C\C/C=C\CCC(=O)NC(COP(=O)(O)OCC[N+](C)(C)C)C(/C=C\CCCCCCCCCCC)OC(=O)CCCCCCCCCCCCCCCCCCC/C=C/CCCCCCCC. The highest BCUT2D eigenvalue weighted by molar-refractivity contribution is 7.47. The zero-order valence-electron chi connectivity index (χ0n) is 54.9. The number of likely N-dealkylation sites (N-methyl/N-ethyl adjacent to an activating group) is 1. The second-order valence-electron chi connectivity index (χ2n) is 24.3. The fourth-order valence-corrected chi connectivity index (χ4v) is 10.5. The molecule has 0 aliphatic carbocycles. The third-order valence-electron chi connectivity index (χ3n) is 15.0. The number of hydrogen-bond donors (Lipinski definition) is 2. The van der Waals surface area contributed by atoms with Crippen LogP contribution in [0, 0.1) is 0 Å². The normalized spacial score (nSPS) is 14.2. The lowest BCUT2D eigenvalue weighted by atomic mass is 10.0. The standard InChI is InChI=1S/C73H131N2O7P/c1-7-10-13-16-19-22-25-27-29-31-33-34-35-36-37-38-39-40-42-44-46-48-51-54-57-60-63-66-73(77)82-71(64-61-58-55-52-49-24-21-18-15-12-9-3)70(69-81-83(78,79)80-68-67-75(4,5)6)74-72(76)65-62-59-56-53-50-47-45-43-41-32-30-28-26-23-20-17-14-11-8-2/h11,14,20,23,27-30,41,43,47,50,56,59,61,64,70-71H,7-10,12-13,15-19,21-22,24-26,31-40,42,44-46,48-49,51-55,57-58,60,62-63,65-69H2,1-6H3,(H-,74,76,78,79)/p+1/b14-11-,23-20-,29-27+,30-28-,43-41-,50-47-,59-56-,64-61-. The van der Waals surface area contributed by atoms with Gasteiger partial charge in [-0.15, -0.1) is 0 Å². The number of phosphoric acid groups is 1. The highest BCUT2D eigenvalue weighted by Crippen LogP contribution is 2.43. The van der Waals surface area contributed by atoms with Crippen molar-refractivity contribution in [3.63, 3.8) is 0 Å². The number of nitrogens with one attached hydrogen (secondary N) is 1. The van der Waals surface area contributed by atoms with Crippen LogP contribution >= 0.6 is 7.82 Å². The first-order valence-electron chi connectivity index (χ1n) is 34.6. The number of carbonyl (C=O) groups excluding carboxylic acids is 2. The van der Waals surface area contributed by atoms with Crippen molar-refractivity contribution < 1.29 is 37.3 Å². The summed E-state index contributed by atoms with van der Waals surface area (Å²) in [4.78, 5) is 37.8. The van der Waals surface area contributed by atoms with Gasteiger partial charge in [0.2, 0.25) is 5.91 Å². The monoisotopic (exact) mass is 1180 g/mol. The number of hydrogen-bond acceptors (Lipinski definition) is 6. The molecule has 0 aromatic carbocycles. The van der Waals surface area contributed by atoms with E-state index in [0.717, 1.165) is 77.0 Å². The molecule has 0 radical (unpaired) electrons. The second kappa shape index (κ2) is 62.0. The molecule has 83 heavy (non-hydrogen) atoms. The summed E-state index contributed by atoms with van der Waals surface area (Å²) in [6, 6.07) is -0.893. The molecular formula is C73H132N2O7P+. The van der Waals surface area contributed by atoms with E-state index >= 15 is 0 Å². The van der Waals surface area contributed by atoms with Crippen molar-refractivity contribution in [1.82, 2.24) is 5.32 Å². The molecule has 0 heterocycles. The number of ether oxygens (including phenoxy) is 1. The van der Waals surface area contributed by atoms with Gasteiger partial charge in [0.1, 0.15) is 19.3 Å². The van der Waals surface area contributed by atoms with Crippen LogP contribution in [0.5, 0.6) is 0 Å². The van der Waals surface area contributed by atoms with E-state index in [0.29, 0.717) is 17.4 Å². The molecule has 3 unspecified atom stereocenters. The number of nitrogens with zero attached hydrogens (tertiary/aromatic N) is 1. The van der Waals surface area contributed by atoms with Gasteiger partial charge in [-0.05, 0) is 96.0 Å². The van der Waals surface area contributed by atoms with Gasteiger partial charge in [-0.3, -0.25) is 18.6 Å².